The number of hydrogen-bond donors (Lipinski definition) is 1. The van der Waals surface area contributed by atoms with Crippen LogP contribution < -0.4 is 14.8 Å². The molecule has 6 heteroatoms. The van der Waals surface area contributed by atoms with E-state index in [1.54, 1.807) is 0 Å². The van der Waals surface area contributed by atoms with Gasteiger partial charge in [0.05, 0.1) is 6.04 Å². The summed E-state index contributed by atoms with van der Waals surface area (Å²) in [5.74, 6) is 2.45. The van der Waals surface area contributed by atoms with Crippen LogP contribution in [-0.2, 0) is 0 Å². The van der Waals surface area contributed by atoms with Gasteiger partial charge in [-0.15, -0.1) is 0 Å². The highest BCUT2D eigenvalue weighted by atomic mass is 16.6. The summed E-state index contributed by atoms with van der Waals surface area (Å²) in [5.41, 5.74) is 1.07. The predicted molar refractivity (Wildman–Crippen MR) is 104 cm³/mol. The Balaban J connectivity index is 1.35. The highest BCUT2D eigenvalue weighted by molar-refractivity contribution is 5.75. The van der Waals surface area contributed by atoms with E-state index in [-0.39, 0.29) is 12.1 Å². The summed E-state index contributed by atoms with van der Waals surface area (Å²) in [6, 6.07) is 6.11. The van der Waals surface area contributed by atoms with Crippen LogP contribution >= 0.6 is 0 Å². The SMILES string of the molecule is CC1CCN(CCNC(=O)N2CCCC2c2cccc3c2OCCO3)CC1. The van der Waals surface area contributed by atoms with Gasteiger partial charge in [0.1, 0.15) is 13.2 Å². The maximum absolute atomic E-state index is 12.8. The van der Waals surface area contributed by atoms with Crippen LogP contribution in [0.3, 0.4) is 0 Å². The van der Waals surface area contributed by atoms with Crippen LogP contribution in [-0.4, -0.2) is 61.8 Å². The molecule has 27 heavy (non-hydrogen) atoms. The molecule has 2 saturated heterocycles. The van der Waals surface area contributed by atoms with Gasteiger partial charge in [-0.3, -0.25) is 0 Å². The summed E-state index contributed by atoms with van der Waals surface area (Å²) in [4.78, 5) is 17.2. The standard InChI is InChI=1S/C21H31N3O3/c1-16-7-11-23(12-8-16)13-9-22-21(25)24-10-3-5-18(24)17-4-2-6-19-20(17)27-15-14-26-19/h2,4,6,16,18H,3,5,7-15H2,1H3,(H,22,25). The maximum Gasteiger partial charge on any atom is 0.317 e. The number of para-hydroxylation sites is 1. The number of rotatable bonds is 4. The zero-order valence-corrected chi connectivity index (χ0v) is 16.3. The normalized spacial score (nSPS) is 23.4. The van der Waals surface area contributed by atoms with Crippen LogP contribution in [0, 0.1) is 5.92 Å². The summed E-state index contributed by atoms with van der Waals surface area (Å²) < 4.78 is 11.6. The first-order valence-electron chi connectivity index (χ1n) is 10.4. The van der Waals surface area contributed by atoms with E-state index in [2.05, 4.69) is 23.2 Å². The second-order valence-corrected chi connectivity index (χ2v) is 7.98. The summed E-state index contributed by atoms with van der Waals surface area (Å²) in [6.45, 7) is 8.22. The van der Waals surface area contributed by atoms with Gasteiger partial charge in [0.2, 0.25) is 0 Å². The van der Waals surface area contributed by atoms with Crippen LogP contribution in [0.4, 0.5) is 4.79 Å². The molecule has 0 aromatic heterocycles. The summed E-state index contributed by atoms with van der Waals surface area (Å²) in [5, 5.41) is 3.14. The number of benzene rings is 1. The smallest absolute Gasteiger partial charge is 0.317 e. The van der Waals surface area contributed by atoms with E-state index in [9.17, 15) is 4.79 Å². The number of amides is 2. The van der Waals surface area contributed by atoms with E-state index in [1.807, 2.05) is 17.0 Å². The number of hydrogen-bond acceptors (Lipinski definition) is 4. The minimum atomic E-state index is 0.0391. The van der Waals surface area contributed by atoms with Crippen LogP contribution in [0.15, 0.2) is 18.2 Å². The molecule has 0 radical (unpaired) electrons. The molecule has 2 amide bonds. The Morgan fingerprint density at radius 1 is 1.15 bits per heavy atom. The molecule has 0 spiro atoms. The number of likely N-dealkylation sites (tertiary alicyclic amines) is 2. The van der Waals surface area contributed by atoms with E-state index < -0.39 is 0 Å². The van der Waals surface area contributed by atoms with Crippen molar-refractivity contribution in [3.63, 3.8) is 0 Å². The Bertz CT molecular complexity index is 658. The molecule has 1 aromatic rings. The van der Waals surface area contributed by atoms with E-state index in [4.69, 9.17) is 9.47 Å². The Labute approximate surface area is 161 Å². The average Bonchev–Trinajstić information content (AvgIpc) is 3.19. The molecule has 2 fully saturated rings. The number of urea groups is 1. The molecule has 3 aliphatic rings. The molecule has 0 aliphatic carbocycles. The van der Waals surface area contributed by atoms with Gasteiger partial charge < -0.3 is 24.6 Å². The van der Waals surface area contributed by atoms with Gasteiger partial charge in [0.25, 0.3) is 0 Å². The van der Waals surface area contributed by atoms with Gasteiger partial charge in [-0.1, -0.05) is 19.1 Å². The molecule has 3 aliphatic heterocycles. The molecule has 4 rings (SSSR count). The number of nitrogens with one attached hydrogen (secondary N) is 1. The van der Waals surface area contributed by atoms with Crippen molar-refractivity contribution < 1.29 is 14.3 Å². The molecule has 1 unspecified atom stereocenters. The fourth-order valence-electron chi connectivity index (χ4n) is 4.40. The topological polar surface area (TPSA) is 54.0 Å². The molecule has 1 aromatic carbocycles. The van der Waals surface area contributed by atoms with Crippen LogP contribution in [0.25, 0.3) is 0 Å². The second kappa shape index (κ2) is 8.38. The Morgan fingerprint density at radius 2 is 1.96 bits per heavy atom. The number of nitrogens with zero attached hydrogens (tertiary/aromatic N) is 2. The summed E-state index contributed by atoms with van der Waals surface area (Å²) >= 11 is 0. The molecule has 6 nitrogen and oxygen atoms in total. The fourth-order valence-corrected chi connectivity index (χ4v) is 4.40. The Hall–Kier alpha value is -1.95. The quantitative estimate of drug-likeness (QED) is 0.881. The summed E-state index contributed by atoms with van der Waals surface area (Å²) in [6.07, 6.45) is 4.52. The van der Waals surface area contributed by atoms with Crippen molar-refractivity contribution in [3.05, 3.63) is 23.8 Å². The number of ether oxygens (including phenoxy) is 2. The first-order chi connectivity index (χ1) is 13.2. The molecule has 3 heterocycles. The molecule has 0 bridgehead atoms. The third-order valence-corrected chi connectivity index (χ3v) is 6.05. The van der Waals surface area contributed by atoms with Crippen molar-refractivity contribution in [1.29, 1.82) is 0 Å². The number of carbonyl (C=O) groups is 1. The second-order valence-electron chi connectivity index (χ2n) is 7.98. The van der Waals surface area contributed by atoms with Gasteiger partial charge in [0, 0.05) is 25.2 Å². The first-order valence-corrected chi connectivity index (χ1v) is 10.4. The van der Waals surface area contributed by atoms with Gasteiger partial charge >= 0.3 is 6.03 Å². The third-order valence-electron chi connectivity index (χ3n) is 6.05. The monoisotopic (exact) mass is 373 g/mol. The average molecular weight is 373 g/mol. The van der Waals surface area contributed by atoms with Crippen LogP contribution in [0.2, 0.25) is 0 Å². The Morgan fingerprint density at radius 3 is 2.81 bits per heavy atom. The largest absolute Gasteiger partial charge is 0.486 e. The van der Waals surface area contributed by atoms with Gasteiger partial charge in [-0.2, -0.15) is 0 Å². The highest BCUT2D eigenvalue weighted by Crippen LogP contribution is 2.42. The number of fused-ring (bicyclic) bond motifs is 1. The predicted octanol–water partition coefficient (Wildman–Crippen LogP) is 3.04. The van der Waals surface area contributed by atoms with Gasteiger partial charge in [-0.25, -0.2) is 4.79 Å². The fraction of sp³-hybridized carbons (Fsp3) is 0.667. The molecule has 0 saturated carbocycles. The molecular formula is C21H31N3O3. The first kappa shape index (κ1) is 18.4. The van der Waals surface area contributed by atoms with Gasteiger partial charge in [0.15, 0.2) is 11.5 Å². The van der Waals surface area contributed by atoms with E-state index in [1.165, 1.54) is 12.8 Å². The molecule has 1 atom stereocenters. The zero-order chi connectivity index (χ0) is 18.6. The lowest BCUT2D eigenvalue weighted by molar-refractivity contribution is 0.162. The van der Waals surface area contributed by atoms with Gasteiger partial charge in [-0.05, 0) is 50.8 Å². The van der Waals surface area contributed by atoms with Crippen LogP contribution in [0.5, 0.6) is 11.5 Å². The molecule has 1 N–H and O–H groups in total. The lowest BCUT2D eigenvalue weighted by atomic mass is 9.99. The number of carbonyl (C=O) groups excluding carboxylic acids is 1. The van der Waals surface area contributed by atoms with E-state index >= 15 is 0 Å². The van der Waals surface area contributed by atoms with E-state index in [0.29, 0.717) is 19.8 Å². The maximum atomic E-state index is 12.8. The highest BCUT2D eigenvalue weighted by Gasteiger charge is 2.33. The van der Waals surface area contributed by atoms with Crippen molar-refractivity contribution in [3.8, 4) is 11.5 Å². The van der Waals surface area contributed by atoms with Crippen LogP contribution in [0.1, 0.15) is 44.2 Å². The van der Waals surface area contributed by atoms with Crippen molar-refractivity contribution >= 4 is 6.03 Å². The van der Waals surface area contributed by atoms with E-state index in [0.717, 1.165) is 62.0 Å². The van der Waals surface area contributed by atoms with Crippen molar-refractivity contribution in [1.82, 2.24) is 15.1 Å². The minimum absolute atomic E-state index is 0.0391. The molecule has 148 valence electrons. The van der Waals surface area contributed by atoms with Crippen molar-refractivity contribution in [2.75, 3.05) is 45.9 Å². The third kappa shape index (κ3) is 4.15. The lowest BCUT2D eigenvalue weighted by Crippen LogP contribution is -2.44. The van der Waals surface area contributed by atoms with Crippen molar-refractivity contribution in [2.24, 2.45) is 5.92 Å². The van der Waals surface area contributed by atoms with Crippen molar-refractivity contribution in [2.45, 2.75) is 38.6 Å². The zero-order valence-electron chi connectivity index (χ0n) is 16.3. The Kier molecular flexibility index (Phi) is 5.72. The summed E-state index contributed by atoms with van der Waals surface area (Å²) in [7, 11) is 0. The minimum Gasteiger partial charge on any atom is -0.486 e. The number of piperidine rings is 1. The lowest BCUT2D eigenvalue weighted by Gasteiger charge is -2.31. The molecular weight excluding hydrogens is 342 g/mol.